The Balaban J connectivity index is 2.01. The monoisotopic (exact) mass is 387 g/mol. The van der Waals surface area contributed by atoms with Crippen LogP contribution in [-0.4, -0.2) is 24.2 Å². The van der Waals surface area contributed by atoms with E-state index in [0.29, 0.717) is 22.0 Å². The molecule has 2 aromatic carbocycles. The van der Waals surface area contributed by atoms with E-state index in [-0.39, 0.29) is 17.1 Å². The summed E-state index contributed by atoms with van der Waals surface area (Å²) in [4.78, 5) is 24.9. The molecule has 2 aromatic rings. The van der Waals surface area contributed by atoms with Gasteiger partial charge < -0.3 is 25.8 Å². The second-order valence-corrected chi connectivity index (χ2v) is 6.37. The number of nitrogens with one attached hydrogen (secondary N) is 3. The molecule has 4 N–H and O–H groups in total. The number of ether oxygens (including phenoxy) is 1. The van der Waals surface area contributed by atoms with Crippen molar-refractivity contribution in [2.75, 3.05) is 12.4 Å². The third kappa shape index (κ3) is 3.83. The molecule has 1 aliphatic heterocycles. The molecule has 0 unspecified atom stereocenters. The number of para-hydroxylation sites is 1. The standard InChI is InChI=1S/C19H18ClN3O4/c1-10-15(18(25)22-12-6-3-5-11(20)9-12)16(23-19(26)21-10)13-7-4-8-14(27-2)17(13)24/h3-9,16,24H,1-2H3,(H,22,25)(H2,21,23,26)/t16-/m1/s1. The summed E-state index contributed by atoms with van der Waals surface area (Å²) in [5, 5.41) is 19.0. The topological polar surface area (TPSA) is 99.7 Å². The highest BCUT2D eigenvalue weighted by Crippen LogP contribution is 2.38. The van der Waals surface area contributed by atoms with Crippen LogP contribution >= 0.6 is 11.6 Å². The zero-order valence-corrected chi connectivity index (χ0v) is 15.4. The molecule has 140 valence electrons. The van der Waals surface area contributed by atoms with Gasteiger partial charge in [0.05, 0.1) is 18.7 Å². The number of hydrogen-bond donors (Lipinski definition) is 4. The van der Waals surface area contributed by atoms with Crippen molar-refractivity contribution in [1.29, 1.82) is 0 Å². The Morgan fingerprint density at radius 3 is 2.70 bits per heavy atom. The summed E-state index contributed by atoms with van der Waals surface area (Å²) < 4.78 is 5.13. The van der Waals surface area contributed by atoms with E-state index >= 15 is 0 Å². The SMILES string of the molecule is COc1cccc([C@H]2NC(=O)NC(C)=C2C(=O)Nc2cccc(Cl)c2)c1O. The average Bonchev–Trinajstić information content (AvgIpc) is 2.61. The van der Waals surface area contributed by atoms with Gasteiger partial charge in [-0.15, -0.1) is 0 Å². The molecule has 1 atom stereocenters. The molecular weight excluding hydrogens is 370 g/mol. The second-order valence-electron chi connectivity index (χ2n) is 5.93. The van der Waals surface area contributed by atoms with Crippen LogP contribution in [0.2, 0.25) is 5.02 Å². The van der Waals surface area contributed by atoms with Crippen LogP contribution < -0.4 is 20.7 Å². The number of allylic oxidation sites excluding steroid dienone is 1. The van der Waals surface area contributed by atoms with Crippen LogP contribution in [0.3, 0.4) is 0 Å². The summed E-state index contributed by atoms with van der Waals surface area (Å²) in [6.07, 6.45) is 0. The number of phenols is 1. The largest absolute Gasteiger partial charge is 0.504 e. The Morgan fingerprint density at radius 2 is 2.00 bits per heavy atom. The Hall–Kier alpha value is -3.19. The number of methoxy groups -OCH3 is 1. The Labute approximate surface area is 161 Å². The minimum Gasteiger partial charge on any atom is -0.504 e. The van der Waals surface area contributed by atoms with Gasteiger partial charge in [0.2, 0.25) is 0 Å². The van der Waals surface area contributed by atoms with Crippen molar-refractivity contribution in [1.82, 2.24) is 10.6 Å². The fourth-order valence-electron chi connectivity index (χ4n) is 2.93. The van der Waals surface area contributed by atoms with E-state index in [0.717, 1.165) is 0 Å². The number of halogens is 1. The first-order valence-corrected chi connectivity index (χ1v) is 8.49. The van der Waals surface area contributed by atoms with Crippen LogP contribution in [0.5, 0.6) is 11.5 Å². The third-order valence-corrected chi connectivity index (χ3v) is 4.39. The maximum absolute atomic E-state index is 12.9. The number of amides is 3. The molecule has 8 heteroatoms. The average molecular weight is 388 g/mol. The molecule has 0 saturated carbocycles. The van der Waals surface area contributed by atoms with E-state index in [1.165, 1.54) is 7.11 Å². The van der Waals surface area contributed by atoms with Gasteiger partial charge in [0.1, 0.15) is 0 Å². The van der Waals surface area contributed by atoms with Gasteiger partial charge in [0.25, 0.3) is 5.91 Å². The van der Waals surface area contributed by atoms with Crippen molar-refractivity contribution < 1.29 is 19.4 Å². The maximum atomic E-state index is 12.9. The molecule has 7 nitrogen and oxygen atoms in total. The number of anilines is 1. The van der Waals surface area contributed by atoms with Crippen molar-refractivity contribution in [2.45, 2.75) is 13.0 Å². The number of hydrogen-bond acceptors (Lipinski definition) is 4. The predicted octanol–water partition coefficient (Wildman–Crippen LogP) is 3.32. The molecule has 27 heavy (non-hydrogen) atoms. The Bertz CT molecular complexity index is 942. The number of rotatable bonds is 4. The summed E-state index contributed by atoms with van der Waals surface area (Å²) >= 11 is 5.96. The van der Waals surface area contributed by atoms with Crippen molar-refractivity contribution in [3.05, 3.63) is 64.3 Å². The zero-order chi connectivity index (χ0) is 19.6. The second kappa shape index (κ2) is 7.59. The summed E-state index contributed by atoms with van der Waals surface area (Å²) in [5.41, 5.74) is 1.50. The quantitative estimate of drug-likeness (QED) is 0.646. The van der Waals surface area contributed by atoms with Crippen molar-refractivity contribution >= 4 is 29.2 Å². The van der Waals surface area contributed by atoms with Gasteiger partial charge in [-0.05, 0) is 31.2 Å². The third-order valence-electron chi connectivity index (χ3n) is 4.16. The number of carbonyl (C=O) groups is 2. The van der Waals surface area contributed by atoms with E-state index in [1.54, 1.807) is 49.4 Å². The van der Waals surface area contributed by atoms with Gasteiger partial charge in [0, 0.05) is 22.0 Å². The first-order valence-electron chi connectivity index (χ1n) is 8.11. The zero-order valence-electron chi connectivity index (χ0n) is 14.7. The van der Waals surface area contributed by atoms with Gasteiger partial charge in [-0.2, -0.15) is 0 Å². The van der Waals surface area contributed by atoms with E-state index in [2.05, 4.69) is 16.0 Å². The maximum Gasteiger partial charge on any atom is 0.319 e. The lowest BCUT2D eigenvalue weighted by Crippen LogP contribution is -2.46. The number of urea groups is 1. The van der Waals surface area contributed by atoms with Gasteiger partial charge in [0.15, 0.2) is 11.5 Å². The van der Waals surface area contributed by atoms with E-state index in [1.807, 2.05) is 0 Å². The molecule has 0 bridgehead atoms. The lowest BCUT2D eigenvalue weighted by Gasteiger charge is -2.29. The number of phenolic OH excluding ortho intramolecular Hbond substituents is 1. The van der Waals surface area contributed by atoms with Crippen molar-refractivity contribution in [2.24, 2.45) is 0 Å². The van der Waals surface area contributed by atoms with Crippen LogP contribution in [0.1, 0.15) is 18.5 Å². The number of carbonyl (C=O) groups excluding carboxylic acids is 2. The van der Waals surface area contributed by atoms with Crippen molar-refractivity contribution in [3.8, 4) is 11.5 Å². The van der Waals surface area contributed by atoms with Gasteiger partial charge >= 0.3 is 6.03 Å². The van der Waals surface area contributed by atoms with Crippen LogP contribution in [0.15, 0.2) is 53.7 Å². The molecule has 1 heterocycles. The molecule has 3 amide bonds. The summed E-state index contributed by atoms with van der Waals surface area (Å²) in [7, 11) is 1.42. The summed E-state index contributed by atoms with van der Waals surface area (Å²) in [6.45, 7) is 1.62. The fraction of sp³-hybridized carbons (Fsp3) is 0.158. The van der Waals surface area contributed by atoms with Gasteiger partial charge in [-0.1, -0.05) is 29.8 Å². The van der Waals surface area contributed by atoms with Crippen molar-refractivity contribution in [3.63, 3.8) is 0 Å². The molecule has 0 radical (unpaired) electrons. The van der Waals surface area contributed by atoms with Gasteiger partial charge in [-0.3, -0.25) is 4.79 Å². The highest BCUT2D eigenvalue weighted by Gasteiger charge is 2.33. The van der Waals surface area contributed by atoms with Crippen LogP contribution in [-0.2, 0) is 4.79 Å². The molecule has 0 saturated heterocycles. The highest BCUT2D eigenvalue weighted by atomic mass is 35.5. The van der Waals surface area contributed by atoms with E-state index in [4.69, 9.17) is 16.3 Å². The predicted molar refractivity (Wildman–Crippen MR) is 102 cm³/mol. The van der Waals surface area contributed by atoms with Crippen LogP contribution in [0.4, 0.5) is 10.5 Å². The molecule has 0 spiro atoms. The minimum atomic E-state index is -0.854. The van der Waals surface area contributed by atoms with Gasteiger partial charge in [-0.25, -0.2) is 4.79 Å². The van der Waals surface area contributed by atoms with Crippen LogP contribution in [0, 0.1) is 0 Å². The normalized spacial score (nSPS) is 16.4. The Kier molecular flexibility index (Phi) is 5.23. The van der Waals surface area contributed by atoms with E-state index in [9.17, 15) is 14.7 Å². The molecule has 0 aliphatic carbocycles. The molecular formula is C19H18ClN3O4. The number of benzene rings is 2. The molecule has 3 rings (SSSR count). The highest BCUT2D eigenvalue weighted by molar-refractivity contribution is 6.31. The summed E-state index contributed by atoms with van der Waals surface area (Å²) in [6, 6.07) is 10.3. The molecule has 1 aliphatic rings. The number of aromatic hydroxyl groups is 1. The lowest BCUT2D eigenvalue weighted by molar-refractivity contribution is -0.113. The Morgan fingerprint density at radius 1 is 1.26 bits per heavy atom. The fourth-order valence-corrected chi connectivity index (χ4v) is 3.12. The summed E-state index contributed by atoms with van der Waals surface area (Å²) in [5.74, 6) is -0.338. The molecule has 0 aromatic heterocycles. The minimum absolute atomic E-state index is 0.145. The first-order chi connectivity index (χ1) is 12.9. The first kappa shape index (κ1) is 18.6. The smallest absolute Gasteiger partial charge is 0.319 e. The van der Waals surface area contributed by atoms with E-state index < -0.39 is 18.0 Å². The molecule has 0 fully saturated rings. The van der Waals surface area contributed by atoms with Crippen LogP contribution in [0.25, 0.3) is 0 Å². The lowest BCUT2D eigenvalue weighted by atomic mass is 9.93.